The quantitative estimate of drug-likeness (QED) is 0.369. The van der Waals surface area contributed by atoms with Crippen molar-refractivity contribution in [2.45, 2.75) is 26.4 Å². The topological polar surface area (TPSA) is 80.5 Å². The van der Waals surface area contributed by atoms with Crippen molar-refractivity contribution < 1.29 is 18.4 Å². The largest absolute Gasteiger partial charge is 0.497 e. The summed E-state index contributed by atoms with van der Waals surface area (Å²) in [6, 6.07) is 20.5. The van der Waals surface area contributed by atoms with Crippen molar-refractivity contribution in [1.29, 1.82) is 0 Å². The van der Waals surface area contributed by atoms with Crippen molar-refractivity contribution in [2.75, 3.05) is 7.11 Å². The fourth-order valence-corrected chi connectivity index (χ4v) is 4.22. The van der Waals surface area contributed by atoms with Gasteiger partial charge in [-0.15, -0.1) is 0 Å². The van der Waals surface area contributed by atoms with E-state index in [0.29, 0.717) is 29.2 Å². The maximum Gasteiger partial charge on any atom is 0.322 e. The maximum absolute atomic E-state index is 13.6. The minimum absolute atomic E-state index is 0.278. The van der Waals surface area contributed by atoms with Gasteiger partial charge in [0.15, 0.2) is 0 Å². The molecule has 36 heavy (non-hydrogen) atoms. The Morgan fingerprint density at radius 1 is 1.00 bits per heavy atom. The Balaban J connectivity index is 1.57. The number of nitrogens with zero attached hydrogens (tertiary/aromatic N) is 3. The smallest absolute Gasteiger partial charge is 0.322 e. The van der Waals surface area contributed by atoms with E-state index in [2.05, 4.69) is 15.5 Å². The molecule has 2 amide bonds. The van der Waals surface area contributed by atoms with Gasteiger partial charge in [0.25, 0.3) is 5.89 Å². The molecule has 0 bridgehead atoms. The van der Waals surface area contributed by atoms with Gasteiger partial charge in [0.2, 0.25) is 5.82 Å². The van der Waals surface area contributed by atoms with E-state index in [9.17, 15) is 9.18 Å². The van der Waals surface area contributed by atoms with Gasteiger partial charge in [0.1, 0.15) is 11.6 Å². The number of rotatable bonds is 6. The molecule has 4 aromatic rings. The first-order chi connectivity index (χ1) is 17.4. The van der Waals surface area contributed by atoms with Gasteiger partial charge in [-0.1, -0.05) is 59.3 Å². The number of nitrogens with one attached hydrogen (secondary N) is 1. The van der Waals surface area contributed by atoms with Gasteiger partial charge in [0.05, 0.1) is 25.3 Å². The van der Waals surface area contributed by atoms with Crippen LogP contribution in [-0.2, 0) is 6.54 Å². The summed E-state index contributed by atoms with van der Waals surface area (Å²) in [5.74, 6) is 1.11. The number of carbonyl (C=O) groups excluding carboxylic acids is 1. The highest BCUT2D eigenvalue weighted by Crippen LogP contribution is 2.38. The van der Waals surface area contributed by atoms with Crippen molar-refractivity contribution >= 4 is 11.6 Å². The molecule has 1 aliphatic heterocycles. The monoisotopic (exact) mass is 484 g/mol. The molecule has 0 spiro atoms. The van der Waals surface area contributed by atoms with E-state index < -0.39 is 6.04 Å². The molecule has 0 fully saturated rings. The molecule has 2 heterocycles. The number of ether oxygens (including phenoxy) is 1. The fourth-order valence-electron chi connectivity index (χ4n) is 4.22. The second-order valence-corrected chi connectivity index (χ2v) is 8.66. The minimum atomic E-state index is -0.587. The van der Waals surface area contributed by atoms with Gasteiger partial charge >= 0.3 is 6.03 Å². The molecule has 1 aromatic heterocycles. The number of halogens is 1. The molecule has 1 aliphatic rings. The molecule has 0 saturated heterocycles. The molecule has 0 saturated carbocycles. The summed E-state index contributed by atoms with van der Waals surface area (Å²) in [6.45, 7) is 4.19. The second kappa shape index (κ2) is 9.65. The lowest BCUT2D eigenvalue weighted by Crippen LogP contribution is -2.45. The van der Waals surface area contributed by atoms with Crippen molar-refractivity contribution in [1.82, 2.24) is 20.4 Å². The van der Waals surface area contributed by atoms with Crippen LogP contribution < -0.4 is 10.1 Å². The van der Waals surface area contributed by atoms with Crippen LogP contribution in [0.3, 0.4) is 0 Å². The lowest BCUT2D eigenvalue weighted by Gasteiger charge is -2.35. The number of methoxy groups -OCH3 is 1. The molecule has 1 atom stereocenters. The molecule has 0 radical (unpaired) electrons. The lowest BCUT2D eigenvalue weighted by atomic mass is 9.94. The number of hydrogen-bond donors (Lipinski definition) is 1. The number of amides is 2. The zero-order valence-electron chi connectivity index (χ0n) is 20.2. The summed E-state index contributed by atoms with van der Waals surface area (Å²) in [7, 11) is 1.61. The van der Waals surface area contributed by atoms with Crippen molar-refractivity contribution in [3.05, 3.63) is 107 Å². The van der Waals surface area contributed by atoms with Gasteiger partial charge in [-0.05, 0) is 49.2 Å². The van der Waals surface area contributed by atoms with E-state index in [1.54, 1.807) is 24.1 Å². The fraction of sp³-hybridized carbons (Fsp3) is 0.179. The van der Waals surface area contributed by atoms with E-state index in [4.69, 9.17) is 9.26 Å². The van der Waals surface area contributed by atoms with E-state index in [1.807, 2.05) is 62.4 Å². The predicted octanol–water partition coefficient (Wildman–Crippen LogP) is 5.89. The Labute approximate surface area is 208 Å². The lowest BCUT2D eigenvalue weighted by molar-refractivity contribution is 0.203. The molecule has 0 aliphatic carbocycles. The zero-order chi connectivity index (χ0) is 25.2. The second-order valence-electron chi connectivity index (χ2n) is 8.66. The van der Waals surface area contributed by atoms with Crippen LogP contribution in [0.15, 0.2) is 83.0 Å². The molecular formula is C28H25FN4O3. The molecular weight excluding hydrogens is 459 g/mol. The van der Waals surface area contributed by atoms with Crippen molar-refractivity contribution in [3.63, 3.8) is 0 Å². The van der Waals surface area contributed by atoms with Crippen LogP contribution in [0.1, 0.15) is 35.5 Å². The summed E-state index contributed by atoms with van der Waals surface area (Å²) in [5.41, 5.74) is 4.90. The first kappa shape index (κ1) is 23.3. The van der Waals surface area contributed by atoms with Gasteiger partial charge in [-0.2, -0.15) is 4.98 Å². The Bertz CT molecular complexity index is 1410. The molecule has 5 rings (SSSR count). The third kappa shape index (κ3) is 4.57. The van der Waals surface area contributed by atoms with E-state index in [0.717, 1.165) is 22.4 Å². The van der Waals surface area contributed by atoms with Crippen LogP contribution in [0.25, 0.3) is 17.0 Å². The third-order valence-electron chi connectivity index (χ3n) is 6.27. The van der Waals surface area contributed by atoms with Crippen molar-refractivity contribution in [2.24, 2.45) is 0 Å². The van der Waals surface area contributed by atoms with Crippen LogP contribution in [-0.4, -0.2) is 28.2 Å². The number of aromatic nitrogens is 2. The number of urea groups is 1. The molecule has 1 unspecified atom stereocenters. The highest BCUT2D eigenvalue weighted by Gasteiger charge is 2.35. The van der Waals surface area contributed by atoms with Gasteiger partial charge in [-0.3, -0.25) is 4.90 Å². The average Bonchev–Trinajstić information content (AvgIpc) is 3.37. The van der Waals surface area contributed by atoms with Crippen LogP contribution in [0.4, 0.5) is 9.18 Å². The third-order valence-corrected chi connectivity index (χ3v) is 6.27. The SMILES string of the molecule is COc1ccc(CN2C(=O)NC(c3ccc(F)cc3)C(c3nc(-c4ccc(C)cc4)no3)=C2C)cc1. The van der Waals surface area contributed by atoms with Gasteiger partial charge < -0.3 is 14.6 Å². The maximum atomic E-state index is 13.6. The van der Waals surface area contributed by atoms with Crippen LogP contribution in [0.2, 0.25) is 0 Å². The molecule has 1 N–H and O–H groups in total. The number of carbonyl (C=O) groups is 1. The van der Waals surface area contributed by atoms with Crippen LogP contribution in [0.5, 0.6) is 5.75 Å². The predicted molar refractivity (Wildman–Crippen MR) is 133 cm³/mol. The highest BCUT2D eigenvalue weighted by molar-refractivity contribution is 5.86. The Hall–Kier alpha value is -4.46. The first-order valence-corrected chi connectivity index (χ1v) is 11.5. The van der Waals surface area contributed by atoms with E-state index in [-0.39, 0.29) is 17.7 Å². The number of benzene rings is 3. The average molecular weight is 485 g/mol. The number of allylic oxidation sites excluding steroid dienone is 1. The van der Waals surface area contributed by atoms with Crippen molar-refractivity contribution in [3.8, 4) is 17.1 Å². The normalized spacial score (nSPS) is 15.7. The minimum Gasteiger partial charge on any atom is -0.497 e. The highest BCUT2D eigenvalue weighted by atomic mass is 19.1. The molecule has 7 nitrogen and oxygen atoms in total. The van der Waals surface area contributed by atoms with E-state index in [1.165, 1.54) is 12.1 Å². The van der Waals surface area contributed by atoms with Crippen LogP contribution >= 0.6 is 0 Å². The van der Waals surface area contributed by atoms with Crippen LogP contribution in [0, 0.1) is 12.7 Å². The standard InChI is InChI=1S/C28H25FN4O3/c1-17-4-8-21(9-5-17)26-31-27(36-32-26)24-18(2)33(16-19-6-14-23(35-3)15-7-19)28(34)30-25(24)20-10-12-22(29)13-11-20/h4-15,25H,16H2,1-3H3,(H,30,34). The summed E-state index contributed by atoms with van der Waals surface area (Å²) in [4.78, 5) is 19.5. The summed E-state index contributed by atoms with van der Waals surface area (Å²) < 4.78 is 24.6. The van der Waals surface area contributed by atoms with Gasteiger partial charge in [-0.25, -0.2) is 9.18 Å². The summed E-state index contributed by atoms with van der Waals surface area (Å²) >= 11 is 0. The Morgan fingerprint density at radius 3 is 2.36 bits per heavy atom. The zero-order valence-corrected chi connectivity index (χ0v) is 20.2. The molecule has 182 valence electrons. The Morgan fingerprint density at radius 2 is 1.69 bits per heavy atom. The Kier molecular flexibility index (Phi) is 6.25. The van der Waals surface area contributed by atoms with E-state index >= 15 is 0 Å². The number of hydrogen-bond acceptors (Lipinski definition) is 5. The number of aryl methyl sites for hydroxylation is 1. The van der Waals surface area contributed by atoms with Gasteiger partial charge in [0, 0.05) is 11.3 Å². The molecule has 3 aromatic carbocycles. The first-order valence-electron chi connectivity index (χ1n) is 11.5. The summed E-state index contributed by atoms with van der Waals surface area (Å²) in [5, 5.41) is 7.22. The summed E-state index contributed by atoms with van der Waals surface area (Å²) in [6.07, 6.45) is 0. The molecule has 8 heteroatoms.